The van der Waals surface area contributed by atoms with Crippen molar-refractivity contribution in [3.05, 3.63) is 86.4 Å². The number of benzene rings is 2. The van der Waals surface area contributed by atoms with Crippen LogP contribution in [0, 0.1) is 18.6 Å². The summed E-state index contributed by atoms with van der Waals surface area (Å²) in [7, 11) is 0. The van der Waals surface area contributed by atoms with Gasteiger partial charge in [0.05, 0.1) is 18.3 Å². The maximum absolute atomic E-state index is 13.8. The first-order valence-corrected chi connectivity index (χ1v) is 9.57. The van der Waals surface area contributed by atoms with Crippen molar-refractivity contribution < 1.29 is 23.1 Å². The first-order chi connectivity index (χ1) is 15.2. The molecule has 0 saturated carbocycles. The number of amides is 2. The summed E-state index contributed by atoms with van der Waals surface area (Å²) in [6, 6.07) is 8.57. The van der Waals surface area contributed by atoms with Crippen molar-refractivity contribution in [1.82, 2.24) is 14.9 Å². The average Bonchev–Trinajstić information content (AvgIpc) is 2.72. The molecular weight excluding hydrogens is 446 g/mol. The van der Waals surface area contributed by atoms with Crippen molar-refractivity contribution in [2.45, 2.75) is 13.5 Å². The van der Waals surface area contributed by atoms with Crippen LogP contribution in [0.3, 0.4) is 0 Å². The summed E-state index contributed by atoms with van der Waals surface area (Å²) >= 11 is 6.20. The van der Waals surface area contributed by atoms with Crippen LogP contribution >= 0.6 is 11.6 Å². The van der Waals surface area contributed by atoms with Gasteiger partial charge in [0.15, 0.2) is 0 Å². The van der Waals surface area contributed by atoms with Crippen molar-refractivity contribution in [3.8, 4) is 11.6 Å². The van der Waals surface area contributed by atoms with E-state index in [-0.39, 0.29) is 41.1 Å². The lowest BCUT2D eigenvalue weighted by Crippen LogP contribution is -2.33. The van der Waals surface area contributed by atoms with Crippen LogP contribution in [0.5, 0.6) is 5.88 Å². The number of aryl methyl sites for hydroxylation is 1. The molecule has 0 aliphatic carbocycles. The molecule has 0 fully saturated rings. The normalized spacial score (nSPS) is 10.6. The molecule has 0 aliphatic rings. The van der Waals surface area contributed by atoms with Crippen LogP contribution in [0.2, 0.25) is 5.28 Å². The van der Waals surface area contributed by atoms with E-state index in [9.17, 15) is 23.2 Å². The molecule has 0 radical (unpaired) electrons. The Morgan fingerprint density at radius 3 is 2.59 bits per heavy atom. The fraction of sp³-hybridized carbons (Fsp3) is 0.143. The number of carbonyl (C=O) groups is 2. The summed E-state index contributed by atoms with van der Waals surface area (Å²) in [6.45, 7) is 1.06. The van der Waals surface area contributed by atoms with Gasteiger partial charge in [-0.1, -0.05) is 6.07 Å². The van der Waals surface area contributed by atoms with Gasteiger partial charge in [-0.25, -0.2) is 8.78 Å². The summed E-state index contributed by atoms with van der Waals surface area (Å²) in [4.78, 5) is 39.8. The number of nitrogens with zero attached hydrogens (tertiary/aromatic N) is 2. The molecule has 3 aromatic rings. The van der Waals surface area contributed by atoms with Gasteiger partial charge in [0.25, 0.3) is 11.5 Å². The zero-order valence-electron chi connectivity index (χ0n) is 16.7. The van der Waals surface area contributed by atoms with Crippen molar-refractivity contribution in [3.63, 3.8) is 0 Å². The molecule has 0 unspecified atom stereocenters. The second-order valence-corrected chi connectivity index (χ2v) is 7.05. The van der Waals surface area contributed by atoms with Gasteiger partial charge in [-0.15, -0.1) is 0 Å². The molecule has 3 rings (SSSR count). The highest BCUT2D eigenvalue weighted by Crippen LogP contribution is 2.21. The standard InChI is InChI=1S/C21H17ClF2N4O4/c1-11-2-3-12(20(31)26-9-17(25)29)6-16(11)28-19(30)8-18(27-21(28)22)32-10-13-4-5-14(23)7-15(13)24/h2-8H,9-10H2,1H3,(H2,25,29)(H,26,31). The topological polar surface area (TPSA) is 116 Å². The minimum atomic E-state index is -0.800. The predicted molar refractivity (Wildman–Crippen MR) is 112 cm³/mol. The summed E-state index contributed by atoms with van der Waals surface area (Å²) in [5.74, 6) is -2.95. The first-order valence-electron chi connectivity index (χ1n) is 9.19. The highest BCUT2D eigenvalue weighted by atomic mass is 35.5. The SMILES string of the molecule is Cc1ccc(C(=O)NCC(N)=O)cc1-n1c(Cl)nc(OCc2ccc(F)cc2F)cc1=O. The molecule has 11 heteroatoms. The van der Waals surface area contributed by atoms with Gasteiger partial charge in [0.2, 0.25) is 17.1 Å². The van der Waals surface area contributed by atoms with Gasteiger partial charge in [0, 0.05) is 17.2 Å². The van der Waals surface area contributed by atoms with Crippen LogP contribution in [0.25, 0.3) is 5.69 Å². The third-order valence-corrected chi connectivity index (χ3v) is 4.63. The van der Waals surface area contributed by atoms with E-state index in [1.165, 1.54) is 18.2 Å². The molecule has 32 heavy (non-hydrogen) atoms. The smallest absolute Gasteiger partial charge is 0.262 e. The summed E-state index contributed by atoms with van der Waals surface area (Å²) in [5, 5.41) is 2.09. The molecule has 2 aromatic carbocycles. The number of primary amides is 1. The molecule has 1 heterocycles. The Morgan fingerprint density at radius 2 is 1.94 bits per heavy atom. The second-order valence-electron chi connectivity index (χ2n) is 6.71. The number of halogens is 3. The van der Waals surface area contributed by atoms with Crippen LogP contribution in [0.1, 0.15) is 21.5 Å². The second kappa shape index (κ2) is 9.56. The maximum Gasteiger partial charge on any atom is 0.262 e. The Hall–Kier alpha value is -3.79. The van der Waals surface area contributed by atoms with Crippen LogP contribution in [-0.2, 0) is 11.4 Å². The van der Waals surface area contributed by atoms with Crippen LogP contribution in [0.4, 0.5) is 8.78 Å². The number of rotatable bonds is 7. The Kier molecular flexibility index (Phi) is 6.84. The molecular formula is C21H17ClF2N4O4. The number of nitrogens with one attached hydrogen (secondary N) is 1. The van der Waals surface area contributed by atoms with E-state index in [2.05, 4.69) is 10.3 Å². The van der Waals surface area contributed by atoms with Gasteiger partial charge in [-0.05, 0) is 48.4 Å². The molecule has 0 spiro atoms. The van der Waals surface area contributed by atoms with E-state index in [1.807, 2.05) is 0 Å². The first kappa shape index (κ1) is 22.9. The quantitative estimate of drug-likeness (QED) is 0.522. The highest BCUT2D eigenvalue weighted by molar-refractivity contribution is 6.28. The summed E-state index contributed by atoms with van der Waals surface area (Å²) in [6.07, 6.45) is 0. The Bertz CT molecular complexity index is 1260. The van der Waals surface area contributed by atoms with E-state index in [1.54, 1.807) is 13.0 Å². The molecule has 2 amide bonds. The largest absolute Gasteiger partial charge is 0.472 e. The zero-order valence-corrected chi connectivity index (χ0v) is 17.5. The zero-order chi connectivity index (χ0) is 23.4. The molecule has 8 nitrogen and oxygen atoms in total. The van der Waals surface area contributed by atoms with E-state index in [4.69, 9.17) is 22.1 Å². The number of aromatic nitrogens is 2. The third-order valence-electron chi connectivity index (χ3n) is 4.38. The predicted octanol–water partition coefficient (Wildman–Crippen LogP) is 2.27. The number of hydrogen-bond acceptors (Lipinski definition) is 5. The van der Waals surface area contributed by atoms with Gasteiger partial charge < -0.3 is 15.8 Å². The van der Waals surface area contributed by atoms with Gasteiger partial charge in [-0.3, -0.25) is 19.0 Å². The van der Waals surface area contributed by atoms with Gasteiger partial charge >= 0.3 is 0 Å². The minimum Gasteiger partial charge on any atom is -0.472 e. The molecule has 3 N–H and O–H groups in total. The lowest BCUT2D eigenvalue weighted by Gasteiger charge is -2.14. The molecule has 0 saturated heterocycles. The van der Waals surface area contributed by atoms with Crippen LogP contribution in [0.15, 0.2) is 47.3 Å². The number of hydrogen-bond donors (Lipinski definition) is 2. The van der Waals surface area contributed by atoms with Gasteiger partial charge in [0.1, 0.15) is 18.2 Å². The van der Waals surface area contributed by atoms with Crippen LogP contribution in [-0.4, -0.2) is 27.9 Å². The number of nitrogens with two attached hydrogens (primary N) is 1. The number of ether oxygens (including phenoxy) is 1. The van der Waals surface area contributed by atoms with Crippen molar-refractivity contribution in [1.29, 1.82) is 0 Å². The molecule has 0 atom stereocenters. The van der Waals surface area contributed by atoms with Crippen molar-refractivity contribution in [2.75, 3.05) is 6.54 Å². The summed E-state index contributed by atoms with van der Waals surface area (Å²) < 4.78 is 33.2. The average molecular weight is 463 g/mol. The summed E-state index contributed by atoms with van der Waals surface area (Å²) in [5.41, 5.74) is 5.55. The monoisotopic (exact) mass is 462 g/mol. The molecule has 1 aromatic heterocycles. The van der Waals surface area contributed by atoms with Crippen LogP contribution < -0.4 is 21.3 Å². The highest BCUT2D eigenvalue weighted by Gasteiger charge is 2.15. The maximum atomic E-state index is 13.8. The lowest BCUT2D eigenvalue weighted by molar-refractivity contribution is -0.117. The Balaban J connectivity index is 1.87. The van der Waals surface area contributed by atoms with E-state index in [0.717, 1.165) is 16.7 Å². The fourth-order valence-corrected chi connectivity index (χ4v) is 3.04. The Morgan fingerprint density at radius 1 is 1.19 bits per heavy atom. The number of carbonyl (C=O) groups excluding carboxylic acids is 2. The van der Waals surface area contributed by atoms with E-state index >= 15 is 0 Å². The van der Waals surface area contributed by atoms with Crippen molar-refractivity contribution >= 4 is 23.4 Å². The third kappa shape index (κ3) is 5.27. The van der Waals surface area contributed by atoms with E-state index in [0.29, 0.717) is 11.6 Å². The minimum absolute atomic E-state index is 0.0685. The fourth-order valence-electron chi connectivity index (χ4n) is 2.78. The lowest BCUT2D eigenvalue weighted by atomic mass is 10.1. The molecule has 166 valence electrons. The Labute approximate surface area is 185 Å². The molecule has 0 aliphatic heterocycles. The van der Waals surface area contributed by atoms with E-state index < -0.39 is 29.0 Å². The molecule has 0 bridgehead atoms. The van der Waals surface area contributed by atoms with Crippen molar-refractivity contribution in [2.24, 2.45) is 5.73 Å². The van der Waals surface area contributed by atoms with Gasteiger partial charge in [-0.2, -0.15) is 4.98 Å².